The van der Waals surface area contributed by atoms with Crippen LogP contribution in [0.1, 0.15) is 12.5 Å². The topological polar surface area (TPSA) is 138 Å². The number of hydrogen-bond acceptors (Lipinski definition) is 8. The van der Waals surface area contributed by atoms with Gasteiger partial charge in [0.05, 0.1) is 6.61 Å². The molecule has 0 bridgehead atoms. The van der Waals surface area contributed by atoms with Crippen LogP contribution in [-0.2, 0) is 9.53 Å². The first-order valence-electron chi connectivity index (χ1n) is 8.41. The number of rotatable bonds is 4. The minimum atomic E-state index is -1.41. The van der Waals surface area contributed by atoms with Gasteiger partial charge in [0, 0.05) is 24.4 Å². The zero-order chi connectivity index (χ0) is 19.7. The molecule has 0 saturated carbocycles. The summed E-state index contributed by atoms with van der Waals surface area (Å²) in [4.78, 5) is 23.0. The average Bonchev–Trinajstić information content (AvgIpc) is 2.60. The lowest BCUT2D eigenvalue weighted by atomic mass is 9.97. The van der Waals surface area contributed by atoms with Crippen LogP contribution in [-0.4, -0.2) is 58.5 Å². The molecule has 1 aliphatic rings. The molecule has 1 amide bonds. The van der Waals surface area contributed by atoms with Crippen LogP contribution in [0, 0.1) is 6.92 Å². The highest BCUT2D eigenvalue weighted by Crippen LogP contribution is 2.27. The maximum Gasteiger partial charge on any atom is 0.336 e. The lowest BCUT2D eigenvalue weighted by Crippen LogP contribution is -2.65. The van der Waals surface area contributed by atoms with Crippen LogP contribution in [0.2, 0.25) is 0 Å². The van der Waals surface area contributed by atoms with Crippen LogP contribution in [0.4, 0.5) is 0 Å². The second-order valence-corrected chi connectivity index (χ2v) is 6.46. The fourth-order valence-electron chi connectivity index (χ4n) is 3.08. The highest BCUT2D eigenvalue weighted by Gasteiger charge is 2.46. The Morgan fingerprint density at radius 3 is 2.67 bits per heavy atom. The van der Waals surface area contributed by atoms with Gasteiger partial charge in [0.2, 0.25) is 12.2 Å². The lowest BCUT2D eigenvalue weighted by molar-refractivity contribution is -0.244. The molecule has 5 atom stereocenters. The normalized spacial score (nSPS) is 28.1. The van der Waals surface area contributed by atoms with Gasteiger partial charge < -0.3 is 34.5 Å². The second-order valence-electron chi connectivity index (χ2n) is 6.46. The van der Waals surface area contributed by atoms with Crippen LogP contribution >= 0.6 is 0 Å². The van der Waals surface area contributed by atoms with E-state index in [2.05, 4.69) is 5.32 Å². The van der Waals surface area contributed by atoms with E-state index < -0.39 is 48.8 Å². The first-order chi connectivity index (χ1) is 12.8. The monoisotopic (exact) mass is 379 g/mol. The molecule has 0 spiro atoms. The maximum atomic E-state index is 11.6. The predicted octanol–water partition coefficient (Wildman–Crippen LogP) is -0.576. The Bertz CT molecular complexity index is 895. The summed E-state index contributed by atoms with van der Waals surface area (Å²) in [5, 5.41) is 32.9. The zero-order valence-electron chi connectivity index (χ0n) is 14.8. The van der Waals surface area contributed by atoms with Gasteiger partial charge in [-0.3, -0.25) is 4.79 Å². The van der Waals surface area contributed by atoms with Crippen molar-refractivity contribution in [3.8, 4) is 5.75 Å². The van der Waals surface area contributed by atoms with Crippen molar-refractivity contribution in [2.75, 3.05) is 6.61 Å². The van der Waals surface area contributed by atoms with E-state index in [0.717, 1.165) is 10.9 Å². The number of aliphatic hydroxyl groups is 3. The van der Waals surface area contributed by atoms with Gasteiger partial charge in [0.25, 0.3) is 0 Å². The fraction of sp³-hybridized carbons (Fsp3) is 0.444. The van der Waals surface area contributed by atoms with Crippen molar-refractivity contribution < 1.29 is 34.0 Å². The van der Waals surface area contributed by atoms with E-state index in [9.17, 15) is 24.9 Å². The van der Waals surface area contributed by atoms with Crippen molar-refractivity contribution in [3.63, 3.8) is 0 Å². The quantitative estimate of drug-likeness (QED) is 0.518. The second kappa shape index (κ2) is 7.65. The van der Waals surface area contributed by atoms with E-state index in [4.69, 9.17) is 13.9 Å². The highest BCUT2D eigenvalue weighted by molar-refractivity contribution is 5.81. The average molecular weight is 379 g/mol. The largest absolute Gasteiger partial charge is 0.462 e. The molecule has 3 rings (SSSR count). The molecule has 1 fully saturated rings. The van der Waals surface area contributed by atoms with Crippen LogP contribution < -0.4 is 15.7 Å². The number of carbonyl (C=O) groups excluding carboxylic acids is 1. The molecule has 0 aliphatic carbocycles. The minimum Gasteiger partial charge on any atom is -0.462 e. The SMILES string of the molecule is CC(=O)NC1C(O)[C@@H](O)C(CO)O[C@@H]1Oc1ccc2c(C)cc(=O)oc2c1. The number of aliphatic hydroxyl groups excluding tert-OH is 3. The molecule has 27 heavy (non-hydrogen) atoms. The first kappa shape index (κ1) is 19.3. The summed E-state index contributed by atoms with van der Waals surface area (Å²) >= 11 is 0. The van der Waals surface area contributed by atoms with Gasteiger partial charge >= 0.3 is 5.63 Å². The number of amides is 1. The van der Waals surface area contributed by atoms with Gasteiger partial charge in [0.1, 0.15) is 35.7 Å². The Morgan fingerprint density at radius 2 is 2.00 bits per heavy atom. The Labute approximate surface area is 154 Å². The van der Waals surface area contributed by atoms with Crippen molar-refractivity contribution in [2.24, 2.45) is 0 Å². The van der Waals surface area contributed by atoms with Crippen LogP contribution in [0.15, 0.2) is 33.5 Å². The number of carbonyl (C=O) groups is 1. The van der Waals surface area contributed by atoms with E-state index in [1.54, 1.807) is 19.1 Å². The van der Waals surface area contributed by atoms with E-state index in [0.29, 0.717) is 5.58 Å². The summed E-state index contributed by atoms with van der Waals surface area (Å²) < 4.78 is 16.4. The molecule has 0 radical (unpaired) electrons. The van der Waals surface area contributed by atoms with Crippen molar-refractivity contribution in [1.82, 2.24) is 5.32 Å². The Kier molecular flexibility index (Phi) is 5.47. The molecule has 2 aromatic rings. The molecular weight excluding hydrogens is 358 g/mol. The Morgan fingerprint density at radius 1 is 1.26 bits per heavy atom. The molecule has 1 aromatic heterocycles. The Balaban J connectivity index is 1.91. The summed E-state index contributed by atoms with van der Waals surface area (Å²) in [6.45, 7) is 2.48. The van der Waals surface area contributed by atoms with Crippen LogP contribution in [0.25, 0.3) is 11.0 Å². The smallest absolute Gasteiger partial charge is 0.336 e. The molecule has 9 nitrogen and oxygen atoms in total. The number of hydrogen-bond donors (Lipinski definition) is 4. The van der Waals surface area contributed by atoms with E-state index in [1.165, 1.54) is 19.1 Å². The van der Waals surface area contributed by atoms with Gasteiger partial charge in [-0.05, 0) is 24.6 Å². The summed E-state index contributed by atoms with van der Waals surface area (Å²) in [6.07, 6.45) is -5.08. The Hall–Kier alpha value is -2.46. The van der Waals surface area contributed by atoms with Crippen molar-refractivity contribution >= 4 is 16.9 Å². The highest BCUT2D eigenvalue weighted by atomic mass is 16.7. The third-order valence-electron chi connectivity index (χ3n) is 4.43. The number of aryl methyl sites for hydroxylation is 1. The third-order valence-corrected chi connectivity index (χ3v) is 4.43. The third kappa shape index (κ3) is 3.96. The lowest BCUT2D eigenvalue weighted by Gasteiger charge is -2.42. The molecule has 3 unspecified atom stereocenters. The molecule has 2 heterocycles. The first-order valence-corrected chi connectivity index (χ1v) is 8.41. The molecule has 146 valence electrons. The molecule has 1 aliphatic heterocycles. The number of nitrogens with one attached hydrogen (secondary N) is 1. The fourth-order valence-corrected chi connectivity index (χ4v) is 3.08. The molecule has 1 aromatic carbocycles. The maximum absolute atomic E-state index is 11.6. The van der Waals surface area contributed by atoms with Gasteiger partial charge in [0.15, 0.2) is 0 Å². The van der Waals surface area contributed by atoms with Crippen molar-refractivity contribution in [2.45, 2.75) is 44.5 Å². The van der Waals surface area contributed by atoms with Gasteiger partial charge in [-0.2, -0.15) is 0 Å². The van der Waals surface area contributed by atoms with E-state index in [1.807, 2.05) is 0 Å². The minimum absolute atomic E-state index is 0.261. The summed E-state index contributed by atoms with van der Waals surface area (Å²) in [7, 11) is 0. The van der Waals surface area contributed by atoms with Gasteiger partial charge in [-0.25, -0.2) is 4.79 Å². The molecular formula is C18H21NO8. The van der Waals surface area contributed by atoms with Crippen LogP contribution in [0.5, 0.6) is 5.75 Å². The number of ether oxygens (including phenoxy) is 2. The summed E-state index contributed by atoms with van der Waals surface area (Å²) in [6, 6.07) is 5.12. The van der Waals surface area contributed by atoms with Gasteiger partial charge in [-0.15, -0.1) is 0 Å². The number of benzene rings is 1. The predicted molar refractivity (Wildman–Crippen MR) is 93.2 cm³/mol. The molecule has 9 heteroatoms. The van der Waals surface area contributed by atoms with Crippen molar-refractivity contribution in [3.05, 3.63) is 40.2 Å². The molecule has 4 N–H and O–H groups in total. The zero-order valence-corrected chi connectivity index (χ0v) is 14.8. The summed E-state index contributed by atoms with van der Waals surface area (Å²) in [5.74, 6) is -0.192. The summed E-state index contributed by atoms with van der Waals surface area (Å²) in [5.41, 5.74) is 0.557. The van der Waals surface area contributed by atoms with Crippen LogP contribution in [0.3, 0.4) is 0 Å². The standard InChI is InChI=1S/C18H21NO8/c1-8-5-14(22)26-12-6-10(3-4-11(8)12)25-18-15(19-9(2)21)17(24)16(23)13(7-20)27-18/h3-6,13,15-18,20,23-24H,7H2,1-2H3,(H,19,21)/t13?,15?,16-,17?,18-/m0/s1. The van der Waals surface area contributed by atoms with Crippen molar-refractivity contribution in [1.29, 1.82) is 0 Å². The van der Waals surface area contributed by atoms with E-state index in [-0.39, 0.29) is 5.75 Å². The molecule has 1 saturated heterocycles. The van der Waals surface area contributed by atoms with Gasteiger partial charge in [-0.1, -0.05) is 0 Å². The van der Waals surface area contributed by atoms with E-state index >= 15 is 0 Å². The number of fused-ring (bicyclic) bond motifs is 1.